The molecule has 1 aliphatic carbocycles. The number of nitrogens with one attached hydrogen (secondary N) is 2. The Balaban J connectivity index is 1.73. The lowest BCUT2D eigenvalue weighted by atomic mass is 9.75. The summed E-state index contributed by atoms with van der Waals surface area (Å²) in [5.41, 5.74) is 3.98. The highest BCUT2D eigenvalue weighted by Gasteiger charge is 2.28. The van der Waals surface area contributed by atoms with Gasteiger partial charge in [-0.3, -0.25) is 9.59 Å². The van der Waals surface area contributed by atoms with Gasteiger partial charge in [-0.1, -0.05) is 44.2 Å². The van der Waals surface area contributed by atoms with Crippen molar-refractivity contribution in [2.45, 2.75) is 70.8 Å². The van der Waals surface area contributed by atoms with Crippen LogP contribution in [0.5, 0.6) is 0 Å². The molecule has 0 aromatic heterocycles. The Bertz CT molecular complexity index is 999. The fourth-order valence-electron chi connectivity index (χ4n) is 4.63. The Kier molecular flexibility index (Phi) is 9.24. The third-order valence-electron chi connectivity index (χ3n) is 6.25. The number of carbonyl (C=O) groups is 2. The Morgan fingerprint density at radius 2 is 1.76 bits per heavy atom. The number of carbonyl (C=O) groups excluding carboxylic acids is 2. The molecule has 1 aliphatic rings. The maximum Gasteiger partial charge on any atom is 0.475 e. The molecule has 0 radical (unpaired) electrons. The van der Waals surface area contributed by atoms with E-state index in [1.165, 1.54) is 29.3 Å². The van der Waals surface area contributed by atoms with Crippen molar-refractivity contribution < 1.29 is 24.0 Å². The second-order valence-electron chi connectivity index (χ2n) is 9.54. The van der Waals surface area contributed by atoms with E-state index < -0.39 is 30.8 Å². The van der Waals surface area contributed by atoms with Gasteiger partial charge in [-0.05, 0) is 72.4 Å². The minimum Gasteiger partial charge on any atom is -0.426 e. The van der Waals surface area contributed by atoms with Crippen LogP contribution in [0.15, 0.2) is 42.5 Å². The van der Waals surface area contributed by atoms with Crippen LogP contribution in [0.1, 0.15) is 67.8 Å². The molecule has 0 saturated carbocycles. The molecular weight excluding hydrogens is 434 g/mol. The highest BCUT2D eigenvalue weighted by atomic mass is 19.1. The molecule has 4 N–H and O–H groups in total. The molecule has 2 aromatic rings. The quantitative estimate of drug-likeness (QED) is 0.403. The SMILES string of the molecule is CC(C)C[C@H](NC(=O)CC(NC(=O)Cc1cccc2c1CCCC2)c1cccc(F)c1)B(O)O. The fourth-order valence-corrected chi connectivity index (χ4v) is 4.63. The molecule has 2 amide bonds. The summed E-state index contributed by atoms with van der Waals surface area (Å²) < 4.78 is 13.9. The smallest absolute Gasteiger partial charge is 0.426 e. The first-order valence-corrected chi connectivity index (χ1v) is 12.0. The Labute approximate surface area is 201 Å². The molecule has 8 heteroatoms. The normalized spacial score (nSPS) is 14.8. The highest BCUT2D eigenvalue weighted by Crippen LogP contribution is 2.25. The molecule has 2 atom stereocenters. The summed E-state index contributed by atoms with van der Waals surface area (Å²) in [6.07, 6.45) is 4.65. The molecule has 0 aliphatic heterocycles. The predicted octanol–water partition coefficient (Wildman–Crippen LogP) is 3.04. The molecule has 0 fully saturated rings. The van der Waals surface area contributed by atoms with Crippen LogP contribution in [-0.2, 0) is 28.9 Å². The molecule has 1 unspecified atom stereocenters. The van der Waals surface area contributed by atoms with Gasteiger partial charge in [0.1, 0.15) is 5.82 Å². The summed E-state index contributed by atoms with van der Waals surface area (Å²) in [5.74, 6) is -1.85. The Morgan fingerprint density at radius 1 is 1.03 bits per heavy atom. The second kappa shape index (κ2) is 12.1. The zero-order valence-electron chi connectivity index (χ0n) is 19.9. The zero-order valence-corrected chi connectivity index (χ0v) is 19.9. The summed E-state index contributed by atoms with van der Waals surface area (Å²) in [6.45, 7) is 3.83. The molecule has 182 valence electrons. The van der Waals surface area contributed by atoms with Crippen LogP contribution in [0.3, 0.4) is 0 Å². The average Bonchev–Trinajstić information content (AvgIpc) is 2.78. The lowest BCUT2D eigenvalue weighted by Gasteiger charge is -2.24. The van der Waals surface area contributed by atoms with Crippen molar-refractivity contribution in [2.24, 2.45) is 5.92 Å². The molecule has 0 bridgehead atoms. The van der Waals surface area contributed by atoms with E-state index in [4.69, 9.17) is 0 Å². The first-order valence-electron chi connectivity index (χ1n) is 12.0. The van der Waals surface area contributed by atoms with Crippen molar-refractivity contribution >= 4 is 18.9 Å². The van der Waals surface area contributed by atoms with Crippen LogP contribution in [0.25, 0.3) is 0 Å². The molecule has 6 nitrogen and oxygen atoms in total. The molecule has 0 heterocycles. The molecule has 0 spiro atoms. The van der Waals surface area contributed by atoms with Gasteiger partial charge < -0.3 is 20.7 Å². The molecular formula is C26H34BFN2O4. The predicted molar refractivity (Wildman–Crippen MR) is 130 cm³/mol. The minimum absolute atomic E-state index is 0.141. The van der Waals surface area contributed by atoms with Crippen LogP contribution >= 0.6 is 0 Å². The van der Waals surface area contributed by atoms with Crippen molar-refractivity contribution in [3.8, 4) is 0 Å². The summed E-state index contributed by atoms with van der Waals surface area (Å²) >= 11 is 0. The molecule has 0 saturated heterocycles. The lowest BCUT2D eigenvalue weighted by Crippen LogP contribution is -2.48. The van der Waals surface area contributed by atoms with Crippen molar-refractivity contribution in [1.82, 2.24) is 10.6 Å². The summed E-state index contributed by atoms with van der Waals surface area (Å²) in [7, 11) is -1.70. The number of amides is 2. The van der Waals surface area contributed by atoms with Crippen molar-refractivity contribution in [3.63, 3.8) is 0 Å². The molecule has 34 heavy (non-hydrogen) atoms. The summed E-state index contributed by atoms with van der Waals surface area (Å²) in [4.78, 5) is 25.8. The summed E-state index contributed by atoms with van der Waals surface area (Å²) in [6, 6.07) is 11.1. The number of aryl methyl sites for hydroxylation is 1. The van der Waals surface area contributed by atoms with E-state index in [1.54, 1.807) is 6.07 Å². The topological polar surface area (TPSA) is 98.7 Å². The fraction of sp³-hybridized carbons (Fsp3) is 0.462. The average molecular weight is 468 g/mol. The van der Waals surface area contributed by atoms with Crippen LogP contribution < -0.4 is 10.6 Å². The standard InChI is InChI=1S/C26H34BFN2O4/c1-17(2)13-24(27(33)34)30-26(32)16-23(20-10-6-11-21(28)14-20)29-25(31)15-19-9-5-8-18-7-3-4-12-22(18)19/h5-6,8-11,14,17,23-24,33-34H,3-4,7,12-13,15-16H2,1-2H3,(H,29,31)(H,30,32)/t23?,24-/m0/s1. The number of fused-ring (bicyclic) bond motifs is 1. The van der Waals surface area contributed by atoms with E-state index in [0.717, 1.165) is 31.2 Å². The van der Waals surface area contributed by atoms with Gasteiger partial charge >= 0.3 is 7.12 Å². The molecule has 2 aromatic carbocycles. The number of halogens is 1. The highest BCUT2D eigenvalue weighted by molar-refractivity contribution is 6.43. The van der Waals surface area contributed by atoms with Crippen LogP contribution in [0.4, 0.5) is 4.39 Å². The number of hydrogen-bond acceptors (Lipinski definition) is 4. The van der Waals surface area contributed by atoms with E-state index in [-0.39, 0.29) is 24.7 Å². The van der Waals surface area contributed by atoms with Gasteiger partial charge in [0.25, 0.3) is 0 Å². The largest absolute Gasteiger partial charge is 0.475 e. The van der Waals surface area contributed by atoms with E-state index in [1.807, 2.05) is 26.0 Å². The van der Waals surface area contributed by atoms with Gasteiger partial charge in [-0.25, -0.2) is 4.39 Å². The van der Waals surface area contributed by atoms with Gasteiger partial charge in [0, 0.05) is 0 Å². The molecule has 3 rings (SSSR count). The lowest BCUT2D eigenvalue weighted by molar-refractivity contribution is -0.123. The van der Waals surface area contributed by atoms with E-state index >= 15 is 0 Å². The number of benzene rings is 2. The first kappa shape index (κ1) is 25.9. The number of hydrogen-bond donors (Lipinski definition) is 4. The monoisotopic (exact) mass is 468 g/mol. The summed E-state index contributed by atoms with van der Waals surface area (Å²) in [5, 5.41) is 24.8. The van der Waals surface area contributed by atoms with Crippen LogP contribution in [-0.4, -0.2) is 34.9 Å². The van der Waals surface area contributed by atoms with E-state index in [2.05, 4.69) is 16.7 Å². The van der Waals surface area contributed by atoms with Crippen molar-refractivity contribution in [3.05, 3.63) is 70.5 Å². The van der Waals surface area contributed by atoms with Gasteiger partial charge in [-0.2, -0.15) is 0 Å². The Hall–Kier alpha value is -2.71. The Morgan fingerprint density at radius 3 is 2.47 bits per heavy atom. The van der Waals surface area contributed by atoms with Crippen LogP contribution in [0.2, 0.25) is 0 Å². The zero-order chi connectivity index (χ0) is 24.7. The maximum atomic E-state index is 13.9. The maximum absolute atomic E-state index is 13.9. The first-order chi connectivity index (χ1) is 16.2. The van der Waals surface area contributed by atoms with E-state index in [0.29, 0.717) is 12.0 Å². The minimum atomic E-state index is -1.70. The van der Waals surface area contributed by atoms with Gasteiger partial charge in [0.05, 0.1) is 24.8 Å². The second-order valence-corrected chi connectivity index (χ2v) is 9.54. The van der Waals surface area contributed by atoms with Gasteiger partial charge in [-0.15, -0.1) is 0 Å². The third-order valence-corrected chi connectivity index (χ3v) is 6.25. The number of rotatable bonds is 10. The van der Waals surface area contributed by atoms with Crippen LogP contribution in [0, 0.1) is 11.7 Å². The van der Waals surface area contributed by atoms with E-state index in [9.17, 15) is 24.0 Å². The van der Waals surface area contributed by atoms with Crippen molar-refractivity contribution in [1.29, 1.82) is 0 Å². The van der Waals surface area contributed by atoms with Gasteiger partial charge in [0.15, 0.2) is 0 Å². The van der Waals surface area contributed by atoms with Gasteiger partial charge in [0.2, 0.25) is 11.8 Å². The third kappa shape index (κ3) is 7.40. The van der Waals surface area contributed by atoms with Crippen molar-refractivity contribution in [2.75, 3.05) is 0 Å².